The van der Waals surface area contributed by atoms with Gasteiger partial charge in [0.1, 0.15) is 0 Å². The average molecular weight is 326 g/mol. The Balaban J connectivity index is 2.03. The number of Topliss-reactive ketones (excluding diaryl/α,β-unsaturated/α-hetero) is 1. The summed E-state index contributed by atoms with van der Waals surface area (Å²) in [5, 5.41) is 19.5. The zero-order chi connectivity index (χ0) is 17.3. The van der Waals surface area contributed by atoms with Crippen molar-refractivity contribution in [1.82, 2.24) is 0 Å². The second-order valence-electron chi connectivity index (χ2n) is 5.58. The molecule has 0 aromatic heterocycles. The highest BCUT2D eigenvalue weighted by Gasteiger charge is 2.24. The van der Waals surface area contributed by atoms with Crippen molar-refractivity contribution < 1.29 is 24.5 Å². The molecule has 1 aliphatic rings. The Morgan fingerprint density at radius 1 is 1.04 bits per heavy atom. The van der Waals surface area contributed by atoms with Crippen molar-refractivity contribution in [2.75, 3.05) is 14.2 Å². The second kappa shape index (κ2) is 6.28. The summed E-state index contributed by atoms with van der Waals surface area (Å²) in [4.78, 5) is 12.8. The van der Waals surface area contributed by atoms with Gasteiger partial charge in [-0.2, -0.15) is 0 Å². The molecule has 0 atom stereocenters. The van der Waals surface area contributed by atoms with Crippen LogP contribution >= 0.6 is 0 Å². The molecule has 0 fully saturated rings. The highest BCUT2D eigenvalue weighted by atomic mass is 16.5. The van der Waals surface area contributed by atoms with Crippen LogP contribution in [0.4, 0.5) is 0 Å². The Kier molecular flexibility index (Phi) is 4.16. The lowest BCUT2D eigenvalue weighted by Crippen LogP contribution is -2.14. The second-order valence-corrected chi connectivity index (χ2v) is 5.58. The van der Waals surface area contributed by atoms with E-state index in [4.69, 9.17) is 9.47 Å². The number of fused-ring (bicyclic) bond motifs is 1. The predicted molar refractivity (Wildman–Crippen MR) is 89.9 cm³/mol. The molecule has 2 aromatic rings. The molecule has 5 heteroatoms. The molecule has 0 radical (unpaired) electrons. The summed E-state index contributed by atoms with van der Waals surface area (Å²) in [6.45, 7) is 0. The quantitative estimate of drug-likeness (QED) is 0.668. The molecule has 5 nitrogen and oxygen atoms in total. The maximum Gasteiger partial charge on any atom is 0.189 e. The molecule has 1 aliphatic carbocycles. The first-order valence-corrected chi connectivity index (χ1v) is 7.56. The van der Waals surface area contributed by atoms with E-state index in [0.717, 1.165) is 5.56 Å². The molecule has 3 rings (SSSR count). The Morgan fingerprint density at radius 2 is 1.75 bits per heavy atom. The van der Waals surface area contributed by atoms with E-state index in [1.807, 2.05) is 6.07 Å². The molecule has 0 amide bonds. The number of ether oxygens (including phenoxy) is 2. The molecular formula is C19H18O5. The van der Waals surface area contributed by atoms with E-state index in [2.05, 4.69) is 0 Å². The van der Waals surface area contributed by atoms with E-state index < -0.39 is 0 Å². The van der Waals surface area contributed by atoms with Gasteiger partial charge in [-0.15, -0.1) is 0 Å². The summed E-state index contributed by atoms with van der Waals surface area (Å²) in [6, 6.07) is 8.18. The van der Waals surface area contributed by atoms with E-state index in [1.165, 1.54) is 13.2 Å². The van der Waals surface area contributed by atoms with Gasteiger partial charge in [0, 0.05) is 16.7 Å². The fraction of sp³-hybridized carbons (Fsp3) is 0.211. The molecule has 2 N–H and O–H groups in total. The molecule has 0 bridgehead atoms. The van der Waals surface area contributed by atoms with Crippen LogP contribution in [0, 0.1) is 0 Å². The molecule has 0 aliphatic heterocycles. The number of aromatic hydroxyl groups is 2. The third-order valence-electron chi connectivity index (χ3n) is 4.19. The predicted octanol–water partition coefficient (Wildman–Crippen LogP) is 3.33. The Bertz CT molecular complexity index is 836. The number of aryl methyl sites for hydroxylation is 1. The largest absolute Gasteiger partial charge is 0.504 e. The highest BCUT2D eigenvalue weighted by Crippen LogP contribution is 2.37. The molecule has 124 valence electrons. The number of allylic oxidation sites excluding steroid dienone is 1. The van der Waals surface area contributed by atoms with E-state index in [0.29, 0.717) is 41.0 Å². The van der Waals surface area contributed by atoms with Gasteiger partial charge in [-0.1, -0.05) is 12.1 Å². The van der Waals surface area contributed by atoms with E-state index >= 15 is 0 Å². The average Bonchev–Trinajstić information content (AvgIpc) is 2.60. The molecule has 0 unspecified atom stereocenters. The van der Waals surface area contributed by atoms with Crippen molar-refractivity contribution in [1.29, 1.82) is 0 Å². The van der Waals surface area contributed by atoms with Gasteiger partial charge in [0.25, 0.3) is 0 Å². The topological polar surface area (TPSA) is 76.0 Å². The monoisotopic (exact) mass is 326 g/mol. The Morgan fingerprint density at radius 3 is 2.46 bits per heavy atom. The smallest absolute Gasteiger partial charge is 0.189 e. The van der Waals surface area contributed by atoms with Crippen LogP contribution < -0.4 is 9.47 Å². The van der Waals surface area contributed by atoms with Gasteiger partial charge in [0.2, 0.25) is 0 Å². The van der Waals surface area contributed by atoms with Crippen LogP contribution in [-0.4, -0.2) is 30.2 Å². The van der Waals surface area contributed by atoms with Gasteiger partial charge in [0.15, 0.2) is 28.8 Å². The van der Waals surface area contributed by atoms with Crippen molar-refractivity contribution in [3.63, 3.8) is 0 Å². The molecular weight excluding hydrogens is 308 g/mol. The summed E-state index contributed by atoms with van der Waals surface area (Å²) < 4.78 is 10.5. The van der Waals surface area contributed by atoms with Crippen molar-refractivity contribution in [3.05, 3.63) is 52.6 Å². The number of hydrogen-bond donors (Lipinski definition) is 2. The van der Waals surface area contributed by atoms with Gasteiger partial charge in [-0.25, -0.2) is 0 Å². The number of rotatable bonds is 3. The number of phenolic OH excluding ortho intramolecular Hbond substituents is 2. The number of benzene rings is 2. The fourth-order valence-corrected chi connectivity index (χ4v) is 2.89. The lowest BCUT2D eigenvalue weighted by Gasteiger charge is -2.20. The highest BCUT2D eigenvalue weighted by molar-refractivity contribution is 6.13. The van der Waals surface area contributed by atoms with Crippen LogP contribution in [0.1, 0.15) is 27.9 Å². The Hall–Kier alpha value is -2.95. The number of para-hydroxylation sites is 1. The van der Waals surface area contributed by atoms with Crippen LogP contribution in [-0.2, 0) is 6.42 Å². The standard InChI is InChI=1S/C19H18O5/c1-23-16-9-11-6-7-13(18(21)14(11)10-17(16)24-2)8-12-4-3-5-15(20)19(12)22/h3-5,8-10,20,22H,6-7H2,1-2H3. The van der Waals surface area contributed by atoms with Crippen molar-refractivity contribution in [2.45, 2.75) is 12.8 Å². The number of methoxy groups -OCH3 is 2. The summed E-state index contributed by atoms with van der Waals surface area (Å²) >= 11 is 0. The summed E-state index contributed by atoms with van der Waals surface area (Å²) in [6.07, 6.45) is 2.86. The van der Waals surface area contributed by atoms with Crippen molar-refractivity contribution >= 4 is 11.9 Å². The van der Waals surface area contributed by atoms with E-state index in [9.17, 15) is 15.0 Å². The van der Waals surface area contributed by atoms with Gasteiger partial charge in [-0.05, 0) is 42.7 Å². The maximum atomic E-state index is 12.8. The molecule has 0 saturated heterocycles. The number of hydrogen-bond acceptors (Lipinski definition) is 5. The van der Waals surface area contributed by atoms with Crippen LogP contribution in [0.3, 0.4) is 0 Å². The van der Waals surface area contributed by atoms with Gasteiger partial charge >= 0.3 is 0 Å². The first-order chi connectivity index (χ1) is 11.5. The number of ketones is 1. The molecule has 24 heavy (non-hydrogen) atoms. The van der Waals surface area contributed by atoms with E-state index in [-0.39, 0.29) is 17.3 Å². The third kappa shape index (κ3) is 2.69. The van der Waals surface area contributed by atoms with Crippen molar-refractivity contribution in [2.24, 2.45) is 0 Å². The normalized spacial score (nSPS) is 15.2. The van der Waals surface area contributed by atoms with Crippen LogP contribution in [0.15, 0.2) is 35.9 Å². The number of carbonyl (C=O) groups is 1. The lowest BCUT2D eigenvalue weighted by atomic mass is 9.85. The minimum atomic E-state index is -0.226. The Labute approximate surface area is 139 Å². The number of carbonyl (C=O) groups excluding carboxylic acids is 1. The summed E-state index contributed by atoms with van der Waals surface area (Å²) in [7, 11) is 3.09. The van der Waals surface area contributed by atoms with Crippen LogP contribution in [0.5, 0.6) is 23.0 Å². The fourth-order valence-electron chi connectivity index (χ4n) is 2.89. The molecule has 0 saturated carbocycles. The van der Waals surface area contributed by atoms with Crippen LogP contribution in [0.25, 0.3) is 6.08 Å². The molecule has 2 aromatic carbocycles. The zero-order valence-electron chi connectivity index (χ0n) is 13.5. The lowest BCUT2D eigenvalue weighted by molar-refractivity contribution is 0.102. The molecule has 0 heterocycles. The summed E-state index contributed by atoms with van der Waals surface area (Å²) in [5.41, 5.74) is 2.48. The van der Waals surface area contributed by atoms with Crippen molar-refractivity contribution in [3.8, 4) is 23.0 Å². The first-order valence-electron chi connectivity index (χ1n) is 7.56. The third-order valence-corrected chi connectivity index (χ3v) is 4.19. The van der Waals surface area contributed by atoms with Gasteiger partial charge in [0.05, 0.1) is 14.2 Å². The summed E-state index contributed by atoms with van der Waals surface area (Å²) in [5.74, 6) is 0.559. The maximum absolute atomic E-state index is 12.8. The molecule has 0 spiro atoms. The van der Waals surface area contributed by atoms with Crippen LogP contribution in [0.2, 0.25) is 0 Å². The van der Waals surface area contributed by atoms with Gasteiger partial charge in [-0.3, -0.25) is 4.79 Å². The minimum Gasteiger partial charge on any atom is -0.504 e. The first kappa shape index (κ1) is 15.9. The number of phenols is 2. The zero-order valence-corrected chi connectivity index (χ0v) is 13.5. The SMILES string of the molecule is COc1cc2c(cc1OC)C(=O)C(=Cc1cccc(O)c1O)CC2. The minimum absolute atomic E-state index is 0.111. The van der Waals surface area contributed by atoms with Gasteiger partial charge < -0.3 is 19.7 Å². The van der Waals surface area contributed by atoms with E-state index in [1.54, 1.807) is 31.4 Å².